The number of rotatable bonds is 6. The summed E-state index contributed by atoms with van der Waals surface area (Å²) in [5.74, 6) is -0.472. The number of aryl methyl sites for hydroxylation is 1. The minimum absolute atomic E-state index is 0.0722. The van der Waals surface area contributed by atoms with E-state index < -0.39 is 17.7 Å². The van der Waals surface area contributed by atoms with Crippen LogP contribution in [-0.4, -0.2) is 55.2 Å². The molecule has 1 amide bonds. The monoisotopic (exact) mass is 423 g/mol. The Morgan fingerprint density at radius 2 is 1.81 bits per heavy atom. The number of ether oxygens (including phenoxy) is 3. The molecule has 1 unspecified atom stereocenters. The average molecular weight is 423 g/mol. The van der Waals surface area contributed by atoms with Gasteiger partial charge in [-0.05, 0) is 37.1 Å². The molecule has 1 saturated heterocycles. The predicted molar refractivity (Wildman–Crippen MR) is 114 cm³/mol. The van der Waals surface area contributed by atoms with Gasteiger partial charge in [0.15, 0.2) is 11.5 Å². The summed E-state index contributed by atoms with van der Waals surface area (Å²) in [6.45, 7) is 3.64. The third kappa shape index (κ3) is 4.01. The predicted octanol–water partition coefficient (Wildman–Crippen LogP) is 3.22. The van der Waals surface area contributed by atoms with Gasteiger partial charge < -0.3 is 24.2 Å². The van der Waals surface area contributed by atoms with Gasteiger partial charge in [-0.3, -0.25) is 9.59 Å². The molecule has 2 heterocycles. The molecule has 0 bridgehead atoms. The van der Waals surface area contributed by atoms with Gasteiger partial charge in [0.25, 0.3) is 11.7 Å². The van der Waals surface area contributed by atoms with Crippen LogP contribution < -0.4 is 9.47 Å². The highest BCUT2D eigenvalue weighted by Crippen LogP contribution is 2.41. The number of ketones is 1. The molecule has 0 aromatic heterocycles. The normalized spacial score (nSPS) is 19.7. The molecule has 31 heavy (non-hydrogen) atoms. The molecule has 0 aliphatic carbocycles. The molecule has 1 N–H and O–H groups in total. The number of methoxy groups -OCH3 is 1. The number of hydrogen-bond acceptors (Lipinski definition) is 6. The number of aliphatic hydroxyl groups is 1. The van der Waals surface area contributed by atoms with E-state index in [9.17, 15) is 14.7 Å². The van der Waals surface area contributed by atoms with Crippen LogP contribution in [0.1, 0.15) is 29.2 Å². The van der Waals surface area contributed by atoms with Gasteiger partial charge in [-0.2, -0.15) is 0 Å². The van der Waals surface area contributed by atoms with E-state index in [2.05, 4.69) is 0 Å². The minimum Gasteiger partial charge on any atom is -0.507 e. The van der Waals surface area contributed by atoms with Crippen molar-refractivity contribution in [1.82, 2.24) is 4.90 Å². The first kappa shape index (κ1) is 20.9. The standard InChI is InChI=1S/C24H25NO6/c1-15-4-6-16(7-5-15)21-20(23(27)24(28)25(21)10-3-11-29-2)22(26)17-8-9-18-19(14-17)31-13-12-30-18/h4-9,14,21,26H,3,10-13H2,1-2H3/b22-20+. The zero-order chi connectivity index (χ0) is 22.0. The van der Waals surface area contributed by atoms with Gasteiger partial charge in [-0.25, -0.2) is 0 Å². The van der Waals surface area contributed by atoms with Crippen molar-refractivity contribution in [2.45, 2.75) is 19.4 Å². The Hall–Kier alpha value is -3.32. The zero-order valence-corrected chi connectivity index (χ0v) is 17.6. The van der Waals surface area contributed by atoms with Crippen LogP contribution in [0.25, 0.3) is 5.76 Å². The fourth-order valence-corrected chi connectivity index (χ4v) is 3.93. The molecule has 2 aliphatic heterocycles. The summed E-state index contributed by atoms with van der Waals surface area (Å²) < 4.78 is 16.2. The molecule has 1 fully saturated rings. The van der Waals surface area contributed by atoms with Gasteiger partial charge in [-0.1, -0.05) is 29.8 Å². The lowest BCUT2D eigenvalue weighted by molar-refractivity contribution is -0.140. The molecule has 0 saturated carbocycles. The summed E-state index contributed by atoms with van der Waals surface area (Å²) in [5.41, 5.74) is 2.30. The summed E-state index contributed by atoms with van der Waals surface area (Å²) in [4.78, 5) is 27.4. The second kappa shape index (κ2) is 8.81. The van der Waals surface area contributed by atoms with Crippen LogP contribution in [-0.2, 0) is 14.3 Å². The van der Waals surface area contributed by atoms with E-state index >= 15 is 0 Å². The molecular formula is C24H25NO6. The van der Waals surface area contributed by atoms with E-state index in [1.807, 2.05) is 31.2 Å². The van der Waals surface area contributed by atoms with Crippen LogP contribution >= 0.6 is 0 Å². The Morgan fingerprint density at radius 1 is 1.10 bits per heavy atom. The number of hydrogen-bond donors (Lipinski definition) is 1. The van der Waals surface area contributed by atoms with Gasteiger partial charge in [0.1, 0.15) is 19.0 Å². The smallest absolute Gasteiger partial charge is 0.295 e. The number of fused-ring (bicyclic) bond motifs is 1. The fourth-order valence-electron chi connectivity index (χ4n) is 3.93. The number of likely N-dealkylation sites (tertiary alicyclic amines) is 1. The molecule has 0 spiro atoms. The molecule has 7 heteroatoms. The molecule has 162 valence electrons. The van der Waals surface area contributed by atoms with Crippen molar-refractivity contribution in [2.75, 3.05) is 33.5 Å². The molecule has 2 aromatic carbocycles. The number of carbonyl (C=O) groups excluding carboxylic acids is 2. The molecular weight excluding hydrogens is 398 g/mol. The van der Waals surface area contributed by atoms with Gasteiger partial charge >= 0.3 is 0 Å². The van der Waals surface area contributed by atoms with E-state index in [1.54, 1.807) is 25.3 Å². The average Bonchev–Trinajstić information content (AvgIpc) is 3.04. The maximum Gasteiger partial charge on any atom is 0.295 e. The Balaban J connectivity index is 1.79. The van der Waals surface area contributed by atoms with Gasteiger partial charge in [0.2, 0.25) is 0 Å². The van der Waals surface area contributed by atoms with Crippen LogP contribution in [0.15, 0.2) is 48.0 Å². The van der Waals surface area contributed by atoms with Gasteiger partial charge in [0, 0.05) is 25.8 Å². The highest BCUT2D eigenvalue weighted by atomic mass is 16.6. The lowest BCUT2D eigenvalue weighted by Gasteiger charge is -2.25. The van der Waals surface area contributed by atoms with E-state index in [4.69, 9.17) is 14.2 Å². The first-order valence-corrected chi connectivity index (χ1v) is 10.2. The van der Waals surface area contributed by atoms with E-state index in [-0.39, 0.29) is 11.3 Å². The van der Waals surface area contributed by atoms with Crippen molar-refractivity contribution in [3.63, 3.8) is 0 Å². The van der Waals surface area contributed by atoms with E-state index in [1.165, 1.54) is 4.90 Å². The van der Waals surface area contributed by atoms with Crippen LogP contribution in [0.5, 0.6) is 11.5 Å². The van der Waals surface area contributed by atoms with Crippen LogP contribution in [0.2, 0.25) is 0 Å². The number of aliphatic hydroxyl groups excluding tert-OH is 1. The summed E-state index contributed by atoms with van der Waals surface area (Å²) in [5, 5.41) is 11.1. The maximum absolute atomic E-state index is 13.0. The Kier molecular flexibility index (Phi) is 5.95. The molecule has 1 atom stereocenters. The van der Waals surface area contributed by atoms with Crippen molar-refractivity contribution in [3.8, 4) is 11.5 Å². The third-order valence-corrected chi connectivity index (χ3v) is 5.50. The molecule has 0 radical (unpaired) electrons. The molecule has 2 aromatic rings. The largest absolute Gasteiger partial charge is 0.507 e. The topological polar surface area (TPSA) is 85.3 Å². The van der Waals surface area contributed by atoms with Crippen molar-refractivity contribution in [3.05, 3.63) is 64.7 Å². The summed E-state index contributed by atoms with van der Waals surface area (Å²) in [6, 6.07) is 11.9. The summed E-state index contributed by atoms with van der Waals surface area (Å²) in [7, 11) is 1.59. The minimum atomic E-state index is -0.699. The lowest BCUT2D eigenvalue weighted by atomic mass is 9.94. The van der Waals surface area contributed by atoms with E-state index in [0.29, 0.717) is 49.8 Å². The number of benzene rings is 2. The number of amides is 1. The Labute approximate surface area is 180 Å². The second-order valence-corrected chi connectivity index (χ2v) is 7.61. The number of Topliss-reactive ketones (excluding diaryl/α,β-unsaturated/α-hetero) is 1. The summed E-state index contributed by atoms with van der Waals surface area (Å²) in [6.07, 6.45) is 0.579. The molecule has 2 aliphatic rings. The number of nitrogens with zero attached hydrogens (tertiary/aromatic N) is 1. The van der Waals surface area contributed by atoms with Crippen LogP contribution in [0, 0.1) is 6.92 Å². The van der Waals surface area contributed by atoms with Crippen molar-refractivity contribution < 1.29 is 28.9 Å². The first-order chi connectivity index (χ1) is 15.0. The van der Waals surface area contributed by atoms with Crippen molar-refractivity contribution in [1.29, 1.82) is 0 Å². The van der Waals surface area contributed by atoms with Crippen LogP contribution in [0.4, 0.5) is 0 Å². The van der Waals surface area contributed by atoms with Crippen molar-refractivity contribution >= 4 is 17.4 Å². The highest BCUT2D eigenvalue weighted by Gasteiger charge is 2.45. The van der Waals surface area contributed by atoms with E-state index in [0.717, 1.165) is 11.1 Å². The fraction of sp³-hybridized carbons (Fsp3) is 0.333. The maximum atomic E-state index is 13.0. The Bertz CT molecular complexity index is 1030. The molecule has 4 rings (SSSR count). The SMILES string of the molecule is COCCCN1C(=O)C(=O)/C(=C(/O)c2ccc3c(c2)OCCO3)C1c1ccc(C)cc1. The first-order valence-electron chi connectivity index (χ1n) is 10.2. The lowest BCUT2D eigenvalue weighted by Crippen LogP contribution is -2.31. The highest BCUT2D eigenvalue weighted by molar-refractivity contribution is 6.46. The van der Waals surface area contributed by atoms with Crippen LogP contribution in [0.3, 0.4) is 0 Å². The number of carbonyl (C=O) groups is 2. The summed E-state index contributed by atoms with van der Waals surface area (Å²) >= 11 is 0. The van der Waals surface area contributed by atoms with Gasteiger partial charge in [0.05, 0.1) is 11.6 Å². The Morgan fingerprint density at radius 3 is 2.52 bits per heavy atom. The zero-order valence-electron chi connectivity index (χ0n) is 17.6. The molecule has 7 nitrogen and oxygen atoms in total. The quantitative estimate of drug-likeness (QED) is 0.332. The van der Waals surface area contributed by atoms with Crippen molar-refractivity contribution in [2.24, 2.45) is 0 Å². The second-order valence-electron chi connectivity index (χ2n) is 7.61. The third-order valence-electron chi connectivity index (χ3n) is 5.50. The van der Waals surface area contributed by atoms with Gasteiger partial charge in [-0.15, -0.1) is 0 Å².